The lowest BCUT2D eigenvalue weighted by molar-refractivity contribution is -0.132. The third kappa shape index (κ3) is 4.19. The van der Waals surface area contributed by atoms with E-state index in [0.717, 1.165) is 33.3 Å². The smallest absolute Gasteiger partial charge is 0.354 e. The van der Waals surface area contributed by atoms with Gasteiger partial charge in [0.2, 0.25) is 0 Å². The van der Waals surface area contributed by atoms with Crippen LogP contribution in [0.25, 0.3) is 11.1 Å². The van der Waals surface area contributed by atoms with E-state index in [1.807, 2.05) is 49.4 Å². The van der Waals surface area contributed by atoms with Crippen LogP contribution in [0.3, 0.4) is 0 Å². The standard InChI is InChI=1S/C16H16ClN3O2S/c1-9-2-3-11(8-13(9)17)10-4-6-12(7-5-10)23-15(20-19)14(18)16(21)22/h2-8,20H,18-19H2,1H3,(H,21,22)/b15-14+. The van der Waals surface area contributed by atoms with Crippen molar-refractivity contribution >= 4 is 29.3 Å². The van der Waals surface area contributed by atoms with Crippen LogP contribution in [0.15, 0.2) is 58.1 Å². The number of hydrogen-bond donors (Lipinski definition) is 4. The molecule has 0 radical (unpaired) electrons. The van der Waals surface area contributed by atoms with E-state index < -0.39 is 5.97 Å². The van der Waals surface area contributed by atoms with Gasteiger partial charge in [-0.3, -0.25) is 0 Å². The highest BCUT2D eigenvalue weighted by Crippen LogP contribution is 2.30. The largest absolute Gasteiger partial charge is 0.477 e. The number of carboxylic acids is 1. The van der Waals surface area contributed by atoms with E-state index in [1.54, 1.807) is 0 Å². The monoisotopic (exact) mass is 349 g/mol. The summed E-state index contributed by atoms with van der Waals surface area (Å²) in [7, 11) is 0. The maximum Gasteiger partial charge on any atom is 0.354 e. The van der Waals surface area contributed by atoms with Gasteiger partial charge in [-0.1, -0.05) is 47.6 Å². The molecule has 0 aromatic heterocycles. The number of aryl methyl sites for hydroxylation is 1. The molecule has 0 saturated carbocycles. The maximum atomic E-state index is 10.9. The molecule has 23 heavy (non-hydrogen) atoms. The number of hydrogen-bond acceptors (Lipinski definition) is 5. The second kappa shape index (κ2) is 7.41. The summed E-state index contributed by atoms with van der Waals surface area (Å²) >= 11 is 7.29. The summed E-state index contributed by atoms with van der Waals surface area (Å²) in [6.45, 7) is 1.95. The van der Waals surface area contributed by atoms with Crippen molar-refractivity contribution < 1.29 is 9.90 Å². The van der Waals surface area contributed by atoms with Crippen molar-refractivity contribution in [3.63, 3.8) is 0 Å². The van der Waals surface area contributed by atoms with Gasteiger partial charge < -0.3 is 16.3 Å². The average molecular weight is 350 g/mol. The van der Waals surface area contributed by atoms with Crippen molar-refractivity contribution in [2.45, 2.75) is 11.8 Å². The third-order valence-electron chi connectivity index (χ3n) is 3.19. The van der Waals surface area contributed by atoms with Crippen LogP contribution in [0.1, 0.15) is 5.56 Å². The molecule has 0 spiro atoms. The minimum absolute atomic E-state index is 0.184. The lowest BCUT2D eigenvalue weighted by atomic mass is 10.0. The number of thioether (sulfide) groups is 1. The van der Waals surface area contributed by atoms with Crippen LogP contribution in [0.5, 0.6) is 0 Å². The molecule has 0 aliphatic heterocycles. The fourth-order valence-corrected chi connectivity index (χ4v) is 2.81. The minimum atomic E-state index is -1.23. The van der Waals surface area contributed by atoms with E-state index in [4.69, 9.17) is 28.3 Å². The first-order chi connectivity index (χ1) is 10.9. The van der Waals surface area contributed by atoms with Gasteiger partial charge in [0.1, 0.15) is 10.7 Å². The lowest BCUT2D eigenvalue weighted by Gasteiger charge is -2.09. The second-order valence-corrected chi connectivity index (χ2v) is 6.27. The van der Waals surface area contributed by atoms with Crippen LogP contribution in [-0.2, 0) is 4.79 Å². The topological polar surface area (TPSA) is 101 Å². The number of nitrogens with two attached hydrogens (primary N) is 2. The number of benzene rings is 2. The van der Waals surface area contributed by atoms with Gasteiger partial charge in [0.05, 0.1) is 0 Å². The number of rotatable bonds is 5. The second-order valence-electron chi connectivity index (χ2n) is 4.78. The molecule has 120 valence electrons. The summed E-state index contributed by atoms with van der Waals surface area (Å²) in [6.07, 6.45) is 0. The van der Waals surface area contributed by atoms with Crippen molar-refractivity contribution in [2.75, 3.05) is 0 Å². The molecule has 5 nitrogen and oxygen atoms in total. The number of carbonyl (C=O) groups is 1. The third-order valence-corrected chi connectivity index (χ3v) is 4.64. The van der Waals surface area contributed by atoms with Crippen LogP contribution in [-0.4, -0.2) is 11.1 Å². The van der Waals surface area contributed by atoms with Crippen LogP contribution >= 0.6 is 23.4 Å². The van der Waals surface area contributed by atoms with Crippen molar-refractivity contribution in [3.8, 4) is 11.1 Å². The summed E-state index contributed by atoms with van der Waals surface area (Å²) in [5, 5.41) is 9.80. The Morgan fingerprint density at radius 2 is 1.78 bits per heavy atom. The van der Waals surface area contributed by atoms with Gasteiger partial charge in [-0.2, -0.15) is 0 Å². The zero-order chi connectivity index (χ0) is 17.0. The normalized spacial score (nSPS) is 11.8. The van der Waals surface area contributed by atoms with Gasteiger partial charge in [-0.05, 0) is 41.8 Å². The average Bonchev–Trinajstić information content (AvgIpc) is 2.55. The molecule has 0 aliphatic rings. The van der Waals surface area contributed by atoms with E-state index in [2.05, 4.69) is 5.43 Å². The van der Waals surface area contributed by atoms with E-state index in [-0.39, 0.29) is 10.7 Å². The molecule has 0 heterocycles. The highest BCUT2D eigenvalue weighted by molar-refractivity contribution is 8.03. The van der Waals surface area contributed by atoms with Crippen LogP contribution in [0, 0.1) is 6.92 Å². The first-order valence-corrected chi connectivity index (χ1v) is 7.86. The molecule has 2 rings (SSSR count). The Bertz CT molecular complexity index is 760. The van der Waals surface area contributed by atoms with E-state index in [9.17, 15) is 4.79 Å². The van der Waals surface area contributed by atoms with E-state index in [0.29, 0.717) is 5.02 Å². The molecule has 7 heteroatoms. The first kappa shape index (κ1) is 17.2. The van der Waals surface area contributed by atoms with Crippen LogP contribution < -0.4 is 17.0 Å². The SMILES string of the molecule is Cc1ccc(-c2ccc(S/C(NN)=C(/N)C(=O)O)cc2)cc1Cl. The fraction of sp³-hybridized carbons (Fsp3) is 0.0625. The molecular formula is C16H16ClN3O2S. The van der Waals surface area contributed by atoms with Gasteiger partial charge in [-0.25, -0.2) is 10.6 Å². The highest BCUT2D eigenvalue weighted by Gasteiger charge is 2.11. The van der Waals surface area contributed by atoms with Crippen molar-refractivity contribution in [2.24, 2.45) is 11.6 Å². The zero-order valence-corrected chi connectivity index (χ0v) is 13.9. The van der Waals surface area contributed by atoms with Gasteiger partial charge in [0.25, 0.3) is 0 Å². The summed E-state index contributed by atoms with van der Waals surface area (Å²) < 4.78 is 0. The Hall–Kier alpha value is -2.15. The Kier molecular flexibility index (Phi) is 5.54. The Labute approximate surface area is 143 Å². The maximum absolute atomic E-state index is 10.9. The fourth-order valence-electron chi connectivity index (χ4n) is 1.87. The predicted molar refractivity (Wildman–Crippen MR) is 93.7 cm³/mol. The Morgan fingerprint density at radius 3 is 2.30 bits per heavy atom. The number of aliphatic carboxylic acids is 1. The molecule has 0 fully saturated rings. The van der Waals surface area contributed by atoms with Crippen molar-refractivity contribution in [1.82, 2.24) is 5.43 Å². The number of hydrazine groups is 1. The zero-order valence-electron chi connectivity index (χ0n) is 12.3. The predicted octanol–water partition coefficient (Wildman–Crippen LogP) is 3.08. The Balaban J connectivity index is 2.24. The van der Waals surface area contributed by atoms with Gasteiger partial charge in [0.15, 0.2) is 0 Å². The molecule has 2 aromatic carbocycles. The molecule has 0 bridgehead atoms. The van der Waals surface area contributed by atoms with E-state index >= 15 is 0 Å². The minimum Gasteiger partial charge on any atom is -0.477 e. The molecule has 0 atom stereocenters. The molecule has 6 N–H and O–H groups in total. The number of carboxylic acid groups (broad SMARTS) is 1. The summed E-state index contributed by atoms with van der Waals surface area (Å²) in [5.74, 6) is 4.10. The van der Waals surface area contributed by atoms with Crippen molar-refractivity contribution in [1.29, 1.82) is 0 Å². The van der Waals surface area contributed by atoms with Gasteiger partial charge >= 0.3 is 5.97 Å². The van der Waals surface area contributed by atoms with Gasteiger partial charge in [0, 0.05) is 9.92 Å². The molecule has 0 unspecified atom stereocenters. The molecule has 0 aliphatic carbocycles. The molecular weight excluding hydrogens is 334 g/mol. The van der Waals surface area contributed by atoms with E-state index in [1.165, 1.54) is 0 Å². The lowest BCUT2D eigenvalue weighted by Crippen LogP contribution is -2.26. The first-order valence-electron chi connectivity index (χ1n) is 6.66. The van der Waals surface area contributed by atoms with Crippen LogP contribution in [0.2, 0.25) is 5.02 Å². The molecule has 0 saturated heterocycles. The summed E-state index contributed by atoms with van der Waals surface area (Å²) in [5.41, 5.74) is 10.5. The highest BCUT2D eigenvalue weighted by atomic mass is 35.5. The quantitative estimate of drug-likeness (QED) is 0.286. The Morgan fingerprint density at radius 1 is 1.17 bits per heavy atom. The van der Waals surface area contributed by atoms with Crippen LogP contribution in [0.4, 0.5) is 0 Å². The number of nitrogens with one attached hydrogen (secondary N) is 1. The summed E-state index contributed by atoms with van der Waals surface area (Å²) in [4.78, 5) is 11.7. The summed E-state index contributed by atoms with van der Waals surface area (Å²) in [6, 6.07) is 13.4. The molecule has 2 aromatic rings. The number of halogens is 1. The van der Waals surface area contributed by atoms with Gasteiger partial charge in [-0.15, -0.1) is 0 Å². The van der Waals surface area contributed by atoms with Crippen molar-refractivity contribution in [3.05, 3.63) is 63.8 Å². The molecule has 0 amide bonds.